The molecule has 0 aliphatic rings. The van der Waals surface area contributed by atoms with E-state index >= 15 is 0 Å². The summed E-state index contributed by atoms with van der Waals surface area (Å²) in [6.07, 6.45) is 1.30. The first-order valence-corrected chi connectivity index (χ1v) is 5.77. The van der Waals surface area contributed by atoms with Crippen LogP contribution < -0.4 is 5.32 Å². The van der Waals surface area contributed by atoms with Crippen LogP contribution in [0.25, 0.3) is 0 Å². The Balaban J connectivity index is 2.93. The van der Waals surface area contributed by atoms with E-state index in [4.69, 9.17) is 5.11 Å². The van der Waals surface area contributed by atoms with Crippen molar-refractivity contribution in [3.63, 3.8) is 0 Å². The van der Waals surface area contributed by atoms with Gasteiger partial charge in [-0.3, -0.25) is 10.1 Å². The van der Waals surface area contributed by atoms with Crippen LogP contribution in [0.15, 0.2) is 12.1 Å². The molecule has 1 unspecified atom stereocenters. The number of nitrogens with one attached hydrogen (secondary N) is 1. The predicted molar refractivity (Wildman–Crippen MR) is 67.2 cm³/mol. The molecule has 100 valence electrons. The number of aliphatic hydroxyl groups excluding tert-OH is 1. The van der Waals surface area contributed by atoms with Crippen LogP contribution >= 0.6 is 0 Å². The van der Waals surface area contributed by atoms with E-state index in [1.54, 1.807) is 6.92 Å². The van der Waals surface area contributed by atoms with Gasteiger partial charge in [-0.15, -0.1) is 0 Å². The number of nitro groups is 1. The van der Waals surface area contributed by atoms with Crippen molar-refractivity contribution in [3.05, 3.63) is 33.6 Å². The largest absolute Gasteiger partial charge is 0.396 e. The van der Waals surface area contributed by atoms with Gasteiger partial charge in [0, 0.05) is 12.6 Å². The van der Waals surface area contributed by atoms with Gasteiger partial charge in [0.05, 0.1) is 11.0 Å². The van der Waals surface area contributed by atoms with Crippen LogP contribution in [0.3, 0.4) is 0 Å². The van der Waals surface area contributed by atoms with E-state index in [-0.39, 0.29) is 18.3 Å². The molecule has 0 saturated heterocycles. The van der Waals surface area contributed by atoms with Crippen LogP contribution in [0.5, 0.6) is 0 Å². The number of benzene rings is 1. The molecule has 1 atom stereocenters. The second kappa shape index (κ2) is 6.30. The number of nitrogens with zero attached hydrogens (tertiary/aromatic N) is 1. The molecular weight excluding hydrogens is 239 g/mol. The summed E-state index contributed by atoms with van der Waals surface area (Å²) < 4.78 is 13.3. The molecule has 6 heteroatoms. The highest BCUT2D eigenvalue weighted by molar-refractivity contribution is 5.63. The summed E-state index contributed by atoms with van der Waals surface area (Å²) in [5.41, 5.74) is 0.399. The molecule has 0 saturated carbocycles. The van der Waals surface area contributed by atoms with Gasteiger partial charge in [-0.1, -0.05) is 0 Å². The summed E-state index contributed by atoms with van der Waals surface area (Å²) in [6.45, 7) is 3.50. The monoisotopic (exact) mass is 256 g/mol. The molecular formula is C12H17FN2O3. The molecule has 0 radical (unpaired) electrons. The minimum atomic E-state index is -0.608. The molecule has 1 aromatic rings. The summed E-state index contributed by atoms with van der Waals surface area (Å²) in [5, 5.41) is 22.5. The van der Waals surface area contributed by atoms with Gasteiger partial charge >= 0.3 is 0 Å². The lowest BCUT2D eigenvalue weighted by Crippen LogP contribution is -2.16. The number of rotatable bonds is 6. The summed E-state index contributed by atoms with van der Waals surface area (Å²) >= 11 is 0. The predicted octanol–water partition coefficient (Wildman–Crippen LogP) is 2.62. The van der Waals surface area contributed by atoms with Crippen molar-refractivity contribution in [1.82, 2.24) is 0 Å². The van der Waals surface area contributed by atoms with E-state index in [9.17, 15) is 14.5 Å². The number of nitro benzene ring substituents is 1. The van der Waals surface area contributed by atoms with Gasteiger partial charge in [0.1, 0.15) is 11.5 Å². The third kappa shape index (κ3) is 3.66. The first-order chi connectivity index (χ1) is 8.45. The van der Waals surface area contributed by atoms with Crippen molar-refractivity contribution in [2.45, 2.75) is 32.7 Å². The molecule has 18 heavy (non-hydrogen) atoms. The summed E-state index contributed by atoms with van der Waals surface area (Å²) in [7, 11) is 0. The zero-order valence-corrected chi connectivity index (χ0v) is 10.4. The Labute approximate surface area is 105 Å². The van der Waals surface area contributed by atoms with Gasteiger partial charge in [0.15, 0.2) is 0 Å². The number of aliphatic hydroxyl groups is 1. The second-order valence-corrected chi connectivity index (χ2v) is 4.29. The number of halogens is 1. The van der Waals surface area contributed by atoms with Crippen LogP contribution in [-0.4, -0.2) is 22.7 Å². The Hall–Kier alpha value is -1.69. The molecule has 0 heterocycles. The molecule has 5 nitrogen and oxygen atoms in total. The Morgan fingerprint density at radius 3 is 2.78 bits per heavy atom. The average Bonchev–Trinajstić information content (AvgIpc) is 2.30. The molecule has 0 aromatic heterocycles. The molecule has 0 aliphatic heterocycles. The highest BCUT2D eigenvalue weighted by Crippen LogP contribution is 2.28. The van der Waals surface area contributed by atoms with Crippen LogP contribution in [0, 0.1) is 22.9 Å². The van der Waals surface area contributed by atoms with Crippen molar-refractivity contribution in [1.29, 1.82) is 0 Å². The maximum Gasteiger partial charge on any atom is 0.295 e. The fraction of sp³-hybridized carbons (Fsp3) is 0.500. The number of anilines is 1. The molecule has 2 N–H and O–H groups in total. The van der Waals surface area contributed by atoms with E-state index in [1.165, 1.54) is 6.07 Å². The Kier molecular flexibility index (Phi) is 5.03. The fourth-order valence-corrected chi connectivity index (χ4v) is 1.67. The lowest BCUT2D eigenvalue weighted by atomic mass is 10.1. The highest BCUT2D eigenvalue weighted by atomic mass is 19.1. The zero-order chi connectivity index (χ0) is 13.7. The van der Waals surface area contributed by atoms with Crippen LogP contribution in [-0.2, 0) is 0 Å². The van der Waals surface area contributed by atoms with Crippen LogP contribution in [0.1, 0.15) is 25.3 Å². The summed E-state index contributed by atoms with van der Waals surface area (Å²) in [4.78, 5) is 10.2. The molecule has 0 bridgehead atoms. The molecule has 0 amide bonds. The first kappa shape index (κ1) is 14.4. The minimum Gasteiger partial charge on any atom is -0.396 e. The molecule has 0 fully saturated rings. The quantitative estimate of drug-likeness (QED) is 0.606. The lowest BCUT2D eigenvalue weighted by molar-refractivity contribution is -0.384. The average molecular weight is 256 g/mol. The smallest absolute Gasteiger partial charge is 0.295 e. The van der Waals surface area contributed by atoms with Gasteiger partial charge in [0.2, 0.25) is 0 Å². The minimum absolute atomic E-state index is 0.0271. The number of aryl methyl sites for hydroxylation is 1. The maximum absolute atomic E-state index is 13.3. The normalized spacial score (nSPS) is 12.2. The van der Waals surface area contributed by atoms with Crippen molar-refractivity contribution in [2.24, 2.45) is 0 Å². The van der Waals surface area contributed by atoms with Crippen molar-refractivity contribution >= 4 is 11.4 Å². The third-order valence-electron chi connectivity index (χ3n) is 2.67. The number of hydrogen-bond acceptors (Lipinski definition) is 4. The van der Waals surface area contributed by atoms with Gasteiger partial charge < -0.3 is 10.4 Å². The Morgan fingerprint density at radius 2 is 2.22 bits per heavy atom. The Morgan fingerprint density at radius 1 is 1.56 bits per heavy atom. The van der Waals surface area contributed by atoms with Crippen LogP contribution in [0.2, 0.25) is 0 Å². The molecule has 1 aromatic carbocycles. The van der Waals surface area contributed by atoms with Gasteiger partial charge in [-0.05, 0) is 38.3 Å². The topological polar surface area (TPSA) is 75.4 Å². The summed E-state index contributed by atoms with van der Waals surface area (Å²) in [5.74, 6) is -0.588. The van der Waals surface area contributed by atoms with E-state index in [1.807, 2.05) is 6.92 Å². The van der Waals surface area contributed by atoms with Crippen molar-refractivity contribution < 1.29 is 14.4 Å². The molecule has 0 aliphatic carbocycles. The van der Waals surface area contributed by atoms with Crippen molar-refractivity contribution in [2.75, 3.05) is 11.9 Å². The zero-order valence-electron chi connectivity index (χ0n) is 10.4. The van der Waals surface area contributed by atoms with E-state index in [0.717, 1.165) is 6.07 Å². The molecule has 0 spiro atoms. The van der Waals surface area contributed by atoms with E-state index < -0.39 is 10.7 Å². The van der Waals surface area contributed by atoms with Gasteiger partial charge in [0.25, 0.3) is 5.69 Å². The third-order valence-corrected chi connectivity index (χ3v) is 2.67. The standard InChI is InChI=1S/C12H17FN2O3/c1-8-6-11(14-9(2)4-3-5-16)12(15(17)18)7-10(8)13/h6-7,9,14,16H,3-5H2,1-2H3. The Bertz CT molecular complexity index is 438. The van der Waals surface area contributed by atoms with E-state index in [0.29, 0.717) is 24.1 Å². The first-order valence-electron chi connectivity index (χ1n) is 5.77. The molecule has 1 rings (SSSR count). The van der Waals surface area contributed by atoms with E-state index in [2.05, 4.69) is 5.32 Å². The fourth-order valence-electron chi connectivity index (χ4n) is 1.67. The second-order valence-electron chi connectivity index (χ2n) is 4.29. The maximum atomic E-state index is 13.3. The highest BCUT2D eigenvalue weighted by Gasteiger charge is 2.18. The van der Waals surface area contributed by atoms with Crippen molar-refractivity contribution in [3.8, 4) is 0 Å². The number of hydrogen-bond donors (Lipinski definition) is 2. The van der Waals surface area contributed by atoms with Gasteiger partial charge in [-0.2, -0.15) is 0 Å². The lowest BCUT2D eigenvalue weighted by Gasteiger charge is -2.15. The van der Waals surface area contributed by atoms with Gasteiger partial charge in [-0.25, -0.2) is 4.39 Å². The summed E-state index contributed by atoms with van der Waals surface area (Å²) in [6, 6.07) is 2.33. The van der Waals surface area contributed by atoms with Crippen LogP contribution in [0.4, 0.5) is 15.8 Å². The SMILES string of the molecule is Cc1cc(NC(C)CCCO)c([N+](=O)[O-])cc1F.